The number of hydrogen-bond donors (Lipinski definition) is 2. The number of nitrogens with one attached hydrogen (secondary N) is 1. The van der Waals surface area contributed by atoms with Gasteiger partial charge in [-0.05, 0) is 39.3 Å². The Morgan fingerprint density at radius 1 is 1.20 bits per heavy atom. The van der Waals surface area contributed by atoms with Crippen molar-refractivity contribution in [3.63, 3.8) is 0 Å². The molecule has 0 aliphatic heterocycles. The van der Waals surface area contributed by atoms with E-state index in [0.29, 0.717) is 18.9 Å². The molecule has 4 nitrogen and oxygen atoms in total. The lowest BCUT2D eigenvalue weighted by Gasteiger charge is -2.40. The fourth-order valence-electron chi connectivity index (χ4n) is 3.09. The highest BCUT2D eigenvalue weighted by atomic mass is 16.3. The summed E-state index contributed by atoms with van der Waals surface area (Å²) in [6.45, 7) is 4.68. The standard InChI is InChI=1S/C16H32N2O2/c1-13(2)11-14(19)15(20)17-12-16(18(3)4)9-7-5-6-8-10-16/h13-14,19H,5-12H2,1-4H3,(H,17,20)/t14-/m0/s1. The minimum absolute atomic E-state index is 0.0592. The van der Waals surface area contributed by atoms with Gasteiger partial charge in [-0.1, -0.05) is 39.5 Å². The van der Waals surface area contributed by atoms with Gasteiger partial charge in [0.05, 0.1) is 0 Å². The molecule has 1 atom stereocenters. The van der Waals surface area contributed by atoms with E-state index in [2.05, 4.69) is 24.3 Å². The normalized spacial score (nSPS) is 20.8. The molecule has 1 aliphatic rings. The fourth-order valence-corrected chi connectivity index (χ4v) is 3.09. The number of aliphatic hydroxyl groups is 1. The molecule has 0 heterocycles. The number of rotatable bonds is 6. The first kappa shape index (κ1) is 17.4. The average molecular weight is 284 g/mol. The molecule has 1 saturated carbocycles. The Morgan fingerprint density at radius 2 is 1.75 bits per heavy atom. The number of aliphatic hydroxyl groups excluding tert-OH is 1. The highest BCUT2D eigenvalue weighted by molar-refractivity contribution is 5.80. The van der Waals surface area contributed by atoms with Gasteiger partial charge in [0.2, 0.25) is 5.91 Å². The SMILES string of the molecule is CC(C)C[C@H](O)C(=O)NCC1(N(C)C)CCCCCC1. The van der Waals surface area contributed by atoms with E-state index < -0.39 is 6.10 Å². The third-order valence-electron chi connectivity index (χ3n) is 4.57. The second-order valence-electron chi connectivity index (χ2n) is 6.90. The van der Waals surface area contributed by atoms with E-state index in [1.807, 2.05) is 13.8 Å². The van der Waals surface area contributed by atoms with Crippen LogP contribution in [0.1, 0.15) is 58.8 Å². The Labute approximate surface area is 123 Å². The van der Waals surface area contributed by atoms with Gasteiger partial charge in [-0.15, -0.1) is 0 Å². The van der Waals surface area contributed by atoms with Crippen molar-refractivity contribution in [1.82, 2.24) is 10.2 Å². The van der Waals surface area contributed by atoms with Crippen LogP contribution in [0.2, 0.25) is 0 Å². The van der Waals surface area contributed by atoms with E-state index in [0.717, 1.165) is 12.8 Å². The molecule has 20 heavy (non-hydrogen) atoms. The van der Waals surface area contributed by atoms with Crippen LogP contribution in [-0.4, -0.2) is 48.2 Å². The van der Waals surface area contributed by atoms with Crippen LogP contribution in [0.15, 0.2) is 0 Å². The first-order valence-corrected chi connectivity index (χ1v) is 8.00. The van der Waals surface area contributed by atoms with Crippen LogP contribution in [0.5, 0.6) is 0 Å². The largest absolute Gasteiger partial charge is 0.383 e. The van der Waals surface area contributed by atoms with Crippen molar-refractivity contribution >= 4 is 5.91 Å². The molecule has 1 fully saturated rings. The van der Waals surface area contributed by atoms with E-state index in [1.54, 1.807) is 0 Å². The minimum atomic E-state index is -0.875. The zero-order valence-corrected chi connectivity index (χ0v) is 13.6. The van der Waals surface area contributed by atoms with E-state index in [4.69, 9.17) is 0 Å². The molecule has 118 valence electrons. The predicted octanol–water partition coefficient (Wildman–Crippen LogP) is 2.16. The second-order valence-corrected chi connectivity index (χ2v) is 6.90. The van der Waals surface area contributed by atoms with Gasteiger partial charge in [-0.25, -0.2) is 0 Å². The number of nitrogens with zero attached hydrogens (tertiary/aromatic N) is 1. The molecule has 0 aromatic heterocycles. The molecule has 1 rings (SSSR count). The zero-order valence-electron chi connectivity index (χ0n) is 13.6. The molecule has 0 spiro atoms. The van der Waals surface area contributed by atoms with Crippen LogP contribution in [0.4, 0.5) is 0 Å². The van der Waals surface area contributed by atoms with Crippen molar-refractivity contribution in [2.75, 3.05) is 20.6 Å². The average Bonchev–Trinajstić information content (AvgIpc) is 2.61. The number of likely N-dealkylation sites (N-methyl/N-ethyl adjacent to an activating group) is 1. The first-order chi connectivity index (χ1) is 9.37. The molecule has 1 aliphatic carbocycles. The van der Waals surface area contributed by atoms with Gasteiger partial charge in [-0.3, -0.25) is 4.79 Å². The predicted molar refractivity (Wildman–Crippen MR) is 82.6 cm³/mol. The van der Waals surface area contributed by atoms with Gasteiger partial charge >= 0.3 is 0 Å². The molecule has 0 aromatic rings. The van der Waals surface area contributed by atoms with Crippen LogP contribution in [0.3, 0.4) is 0 Å². The molecule has 0 saturated heterocycles. The minimum Gasteiger partial charge on any atom is -0.383 e. The van der Waals surface area contributed by atoms with Gasteiger partial charge in [0.25, 0.3) is 0 Å². The lowest BCUT2D eigenvalue weighted by Crippen LogP contribution is -2.53. The molecule has 0 bridgehead atoms. The molecule has 4 heteroatoms. The Hall–Kier alpha value is -0.610. The van der Waals surface area contributed by atoms with Crippen LogP contribution in [0.25, 0.3) is 0 Å². The lowest BCUT2D eigenvalue weighted by atomic mass is 9.88. The monoisotopic (exact) mass is 284 g/mol. The van der Waals surface area contributed by atoms with Crippen LogP contribution >= 0.6 is 0 Å². The van der Waals surface area contributed by atoms with E-state index in [-0.39, 0.29) is 11.4 Å². The number of amides is 1. The highest BCUT2D eigenvalue weighted by Gasteiger charge is 2.34. The van der Waals surface area contributed by atoms with Gasteiger partial charge in [0, 0.05) is 12.1 Å². The van der Waals surface area contributed by atoms with E-state index in [1.165, 1.54) is 25.7 Å². The van der Waals surface area contributed by atoms with Crippen molar-refractivity contribution in [3.05, 3.63) is 0 Å². The Balaban J connectivity index is 2.56. The van der Waals surface area contributed by atoms with Gasteiger partial charge in [0.15, 0.2) is 0 Å². The third kappa shape index (κ3) is 5.06. The van der Waals surface area contributed by atoms with Crippen molar-refractivity contribution in [2.45, 2.75) is 70.4 Å². The van der Waals surface area contributed by atoms with Crippen molar-refractivity contribution in [3.8, 4) is 0 Å². The maximum atomic E-state index is 12.0. The summed E-state index contributed by atoms with van der Waals surface area (Å²) in [5.41, 5.74) is 0.0592. The Bertz CT molecular complexity index is 295. The molecule has 2 N–H and O–H groups in total. The smallest absolute Gasteiger partial charge is 0.248 e. The topological polar surface area (TPSA) is 52.6 Å². The summed E-state index contributed by atoms with van der Waals surface area (Å²) in [6, 6.07) is 0. The molecule has 0 radical (unpaired) electrons. The zero-order chi connectivity index (χ0) is 15.2. The highest BCUT2D eigenvalue weighted by Crippen LogP contribution is 2.30. The van der Waals surface area contributed by atoms with Gasteiger partial charge < -0.3 is 15.3 Å². The summed E-state index contributed by atoms with van der Waals surface area (Å²) in [5, 5.41) is 12.8. The first-order valence-electron chi connectivity index (χ1n) is 8.00. The summed E-state index contributed by atoms with van der Waals surface area (Å²) in [5.74, 6) is 0.112. The van der Waals surface area contributed by atoms with E-state index >= 15 is 0 Å². The molecule has 1 amide bonds. The van der Waals surface area contributed by atoms with Crippen LogP contribution in [0, 0.1) is 5.92 Å². The van der Waals surface area contributed by atoms with Gasteiger partial charge in [-0.2, -0.15) is 0 Å². The van der Waals surface area contributed by atoms with Crippen LogP contribution in [-0.2, 0) is 4.79 Å². The summed E-state index contributed by atoms with van der Waals surface area (Å²) in [6.07, 6.45) is 6.94. The maximum absolute atomic E-state index is 12.0. The fraction of sp³-hybridized carbons (Fsp3) is 0.938. The summed E-state index contributed by atoms with van der Waals surface area (Å²) < 4.78 is 0. The second kappa shape index (κ2) is 7.99. The molecular formula is C16H32N2O2. The molecular weight excluding hydrogens is 252 g/mol. The Morgan fingerprint density at radius 3 is 2.20 bits per heavy atom. The van der Waals surface area contributed by atoms with Gasteiger partial charge in [0.1, 0.15) is 6.10 Å². The number of hydrogen-bond acceptors (Lipinski definition) is 3. The summed E-state index contributed by atoms with van der Waals surface area (Å²) in [4.78, 5) is 14.2. The lowest BCUT2D eigenvalue weighted by molar-refractivity contribution is -0.130. The summed E-state index contributed by atoms with van der Waals surface area (Å²) in [7, 11) is 4.20. The quantitative estimate of drug-likeness (QED) is 0.735. The van der Waals surface area contributed by atoms with Crippen molar-refractivity contribution in [1.29, 1.82) is 0 Å². The number of carbonyl (C=O) groups excluding carboxylic acids is 1. The van der Waals surface area contributed by atoms with E-state index in [9.17, 15) is 9.90 Å². The van der Waals surface area contributed by atoms with Crippen molar-refractivity contribution < 1.29 is 9.90 Å². The molecule has 0 unspecified atom stereocenters. The third-order valence-corrected chi connectivity index (χ3v) is 4.57. The van der Waals surface area contributed by atoms with Crippen molar-refractivity contribution in [2.24, 2.45) is 5.92 Å². The Kier molecular flexibility index (Phi) is 6.96. The maximum Gasteiger partial charge on any atom is 0.248 e. The summed E-state index contributed by atoms with van der Waals surface area (Å²) >= 11 is 0. The van der Waals surface area contributed by atoms with Crippen LogP contribution < -0.4 is 5.32 Å². The molecule has 0 aromatic carbocycles. The number of carbonyl (C=O) groups is 1.